The number of nitrogens with one attached hydrogen (secondary N) is 1. The lowest BCUT2D eigenvalue weighted by Crippen LogP contribution is -2.07. The quantitative estimate of drug-likeness (QED) is 0.650. The van der Waals surface area contributed by atoms with Gasteiger partial charge in [-0.3, -0.25) is 0 Å². The maximum atomic E-state index is 11.7. The van der Waals surface area contributed by atoms with Gasteiger partial charge in [0.05, 0.1) is 0 Å². The van der Waals surface area contributed by atoms with Gasteiger partial charge in [-0.1, -0.05) is 0 Å². The minimum absolute atomic E-state index is 0.148. The Balaban J connectivity index is 2.68. The topological polar surface area (TPSA) is 36.0 Å². The molecule has 1 atom stereocenters. The molecule has 1 aromatic rings. The Kier molecular flexibility index (Phi) is 2.01. The summed E-state index contributed by atoms with van der Waals surface area (Å²) in [5.74, 6) is 0. The van der Waals surface area contributed by atoms with Crippen molar-refractivity contribution in [3.05, 3.63) is 24.0 Å². The number of aliphatic hydroxyl groups excluding tert-OH is 1. The molecule has 0 amide bonds. The van der Waals surface area contributed by atoms with Crippen molar-refractivity contribution in [1.82, 2.24) is 4.98 Å². The van der Waals surface area contributed by atoms with Crippen molar-refractivity contribution in [2.45, 2.75) is 12.5 Å². The van der Waals surface area contributed by atoms with Gasteiger partial charge in [0.2, 0.25) is 0 Å². The first kappa shape index (κ1) is 7.21. The Labute approximate surface area is 56.5 Å². The van der Waals surface area contributed by atoms with E-state index in [2.05, 4.69) is 4.98 Å². The van der Waals surface area contributed by atoms with Gasteiger partial charge in [-0.2, -0.15) is 0 Å². The molecule has 0 aliphatic carbocycles. The molecule has 4 heteroatoms. The molecular weight excluding hydrogens is 140 g/mol. The van der Waals surface area contributed by atoms with Crippen LogP contribution in [0.5, 0.6) is 0 Å². The highest BCUT2D eigenvalue weighted by atomic mass is 19.3. The van der Waals surface area contributed by atoms with Crippen molar-refractivity contribution in [2.24, 2.45) is 0 Å². The van der Waals surface area contributed by atoms with E-state index < -0.39 is 12.5 Å². The van der Waals surface area contributed by atoms with E-state index in [1.54, 1.807) is 6.07 Å². The summed E-state index contributed by atoms with van der Waals surface area (Å²) in [5, 5.41) is 8.71. The van der Waals surface area contributed by atoms with E-state index in [0.717, 1.165) is 0 Å². The molecule has 10 heavy (non-hydrogen) atoms. The van der Waals surface area contributed by atoms with Crippen molar-refractivity contribution in [2.75, 3.05) is 0 Å². The lowest BCUT2D eigenvalue weighted by atomic mass is 10.3. The molecule has 0 saturated heterocycles. The lowest BCUT2D eigenvalue weighted by molar-refractivity contribution is -0.00792. The molecule has 0 spiro atoms. The summed E-state index contributed by atoms with van der Waals surface area (Å²) in [5.41, 5.74) is 0.148. The van der Waals surface area contributed by atoms with Gasteiger partial charge in [-0.25, -0.2) is 8.78 Å². The van der Waals surface area contributed by atoms with E-state index in [4.69, 9.17) is 5.11 Å². The highest BCUT2D eigenvalue weighted by Gasteiger charge is 2.18. The fourth-order valence-corrected chi connectivity index (χ4v) is 0.664. The second kappa shape index (κ2) is 2.79. The minimum Gasteiger partial charge on any atom is -0.381 e. The molecule has 0 aliphatic heterocycles. The van der Waals surface area contributed by atoms with E-state index in [0.29, 0.717) is 0 Å². The number of hydrogen-bond donors (Lipinski definition) is 2. The molecule has 0 fully saturated rings. The first-order valence-electron chi connectivity index (χ1n) is 2.81. The van der Waals surface area contributed by atoms with Gasteiger partial charge in [0.15, 0.2) is 6.10 Å². The van der Waals surface area contributed by atoms with Gasteiger partial charge in [0.25, 0.3) is 6.43 Å². The number of aromatic amines is 1. The van der Waals surface area contributed by atoms with Crippen molar-refractivity contribution in [3.8, 4) is 0 Å². The number of aliphatic hydroxyl groups is 1. The van der Waals surface area contributed by atoms with E-state index in [9.17, 15) is 8.78 Å². The molecule has 0 aromatic carbocycles. The van der Waals surface area contributed by atoms with Gasteiger partial charge in [-0.05, 0) is 12.1 Å². The van der Waals surface area contributed by atoms with Crippen LogP contribution in [0.3, 0.4) is 0 Å². The Bertz CT molecular complexity index is 186. The fraction of sp³-hybridized carbons (Fsp3) is 0.333. The van der Waals surface area contributed by atoms with Crippen LogP contribution in [0.15, 0.2) is 18.3 Å². The second-order valence-electron chi connectivity index (χ2n) is 1.90. The number of hydrogen-bond acceptors (Lipinski definition) is 1. The summed E-state index contributed by atoms with van der Waals surface area (Å²) in [6.07, 6.45) is -2.92. The van der Waals surface area contributed by atoms with Crippen molar-refractivity contribution < 1.29 is 13.9 Å². The molecule has 1 rings (SSSR count). The average molecular weight is 147 g/mol. The molecule has 2 N–H and O–H groups in total. The second-order valence-corrected chi connectivity index (χ2v) is 1.90. The number of halogens is 2. The van der Waals surface area contributed by atoms with E-state index in [1.165, 1.54) is 12.3 Å². The average Bonchev–Trinajstić information content (AvgIpc) is 2.36. The van der Waals surface area contributed by atoms with Crippen LogP contribution in [0.25, 0.3) is 0 Å². The summed E-state index contributed by atoms with van der Waals surface area (Å²) in [4.78, 5) is 2.49. The zero-order valence-corrected chi connectivity index (χ0v) is 5.09. The molecule has 0 bridgehead atoms. The smallest absolute Gasteiger partial charge is 0.269 e. The number of H-pyrrole nitrogens is 1. The van der Waals surface area contributed by atoms with Crippen LogP contribution >= 0.6 is 0 Å². The maximum Gasteiger partial charge on any atom is 0.269 e. The third-order valence-electron chi connectivity index (χ3n) is 1.18. The molecule has 1 aromatic heterocycles. The first-order valence-corrected chi connectivity index (χ1v) is 2.81. The lowest BCUT2D eigenvalue weighted by Gasteiger charge is -2.05. The Morgan fingerprint density at radius 3 is 2.60 bits per heavy atom. The maximum absolute atomic E-state index is 11.7. The van der Waals surface area contributed by atoms with E-state index in [-0.39, 0.29) is 5.69 Å². The van der Waals surface area contributed by atoms with Gasteiger partial charge < -0.3 is 10.1 Å². The van der Waals surface area contributed by atoms with Gasteiger partial charge >= 0.3 is 0 Å². The zero-order chi connectivity index (χ0) is 7.56. The van der Waals surface area contributed by atoms with Crippen molar-refractivity contribution >= 4 is 0 Å². The molecule has 0 saturated carbocycles. The molecule has 1 unspecified atom stereocenters. The Morgan fingerprint density at radius 2 is 2.20 bits per heavy atom. The Morgan fingerprint density at radius 1 is 1.50 bits per heavy atom. The monoisotopic (exact) mass is 147 g/mol. The fourth-order valence-electron chi connectivity index (χ4n) is 0.664. The number of rotatable bonds is 2. The SMILES string of the molecule is OC(c1ccc[nH]1)C(F)F. The summed E-state index contributed by atoms with van der Waals surface area (Å²) >= 11 is 0. The van der Waals surface area contributed by atoms with E-state index >= 15 is 0 Å². The Hall–Kier alpha value is -0.900. The summed E-state index contributed by atoms with van der Waals surface area (Å²) in [6, 6.07) is 2.97. The number of alkyl halides is 2. The molecule has 0 radical (unpaired) electrons. The molecule has 0 aliphatic rings. The predicted molar refractivity (Wildman–Crippen MR) is 31.8 cm³/mol. The third kappa shape index (κ3) is 1.33. The first-order chi connectivity index (χ1) is 4.72. The van der Waals surface area contributed by atoms with Crippen LogP contribution in [-0.2, 0) is 0 Å². The molecule has 1 heterocycles. The van der Waals surface area contributed by atoms with E-state index in [1.807, 2.05) is 0 Å². The summed E-state index contributed by atoms with van der Waals surface area (Å²) in [7, 11) is 0. The normalized spacial score (nSPS) is 14.0. The van der Waals surface area contributed by atoms with Gasteiger partial charge in [0, 0.05) is 11.9 Å². The van der Waals surface area contributed by atoms with Crippen molar-refractivity contribution in [3.63, 3.8) is 0 Å². The largest absolute Gasteiger partial charge is 0.381 e. The zero-order valence-electron chi connectivity index (χ0n) is 5.09. The summed E-state index contributed by atoms with van der Waals surface area (Å²) < 4.78 is 23.4. The number of aromatic nitrogens is 1. The predicted octanol–water partition coefficient (Wildman–Crippen LogP) is 1.31. The van der Waals surface area contributed by atoms with Crippen LogP contribution in [-0.4, -0.2) is 16.5 Å². The van der Waals surface area contributed by atoms with Crippen molar-refractivity contribution in [1.29, 1.82) is 0 Å². The van der Waals surface area contributed by atoms with Crippen LogP contribution in [0, 0.1) is 0 Å². The third-order valence-corrected chi connectivity index (χ3v) is 1.18. The summed E-state index contributed by atoms with van der Waals surface area (Å²) in [6.45, 7) is 0. The standard InChI is InChI=1S/C6H7F2NO/c7-6(8)5(10)4-2-1-3-9-4/h1-3,5-6,9-10H. The highest BCUT2D eigenvalue weighted by molar-refractivity contribution is 5.07. The molecule has 2 nitrogen and oxygen atoms in total. The molecular formula is C6H7F2NO. The van der Waals surface area contributed by atoms with Crippen LogP contribution < -0.4 is 0 Å². The van der Waals surface area contributed by atoms with Gasteiger partial charge in [0.1, 0.15) is 0 Å². The van der Waals surface area contributed by atoms with Gasteiger partial charge in [-0.15, -0.1) is 0 Å². The molecule has 56 valence electrons. The minimum atomic E-state index is -2.72. The highest BCUT2D eigenvalue weighted by Crippen LogP contribution is 2.17. The van der Waals surface area contributed by atoms with Crippen LogP contribution in [0.1, 0.15) is 11.8 Å². The van der Waals surface area contributed by atoms with Crippen LogP contribution in [0.2, 0.25) is 0 Å². The van der Waals surface area contributed by atoms with Crippen LogP contribution in [0.4, 0.5) is 8.78 Å².